The van der Waals surface area contributed by atoms with E-state index in [4.69, 9.17) is 11.6 Å². The normalized spacial score (nSPS) is 15.9. The number of rotatable bonds is 4. The van der Waals surface area contributed by atoms with E-state index >= 15 is 0 Å². The van der Waals surface area contributed by atoms with Gasteiger partial charge in [-0.1, -0.05) is 36.4 Å². The molecule has 1 unspecified atom stereocenters. The Hall–Kier alpha value is -3.65. The van der Waals surface area contributed by atoms with Gasteiger partial charge in [-0.25, -0.2) is 9.78 Å². The second-order valence-electron chi connectivity index (χ2n) is 8.06. The van der Waals surface area contributed by atoms with Crippen molar-refractivity contribution in [3.63, 3.8) is 0 Å². The summed E-state index contributed by atoms with van der Waals surface area (Å²) in [7, 11) is 0. The number of carbonyl (C=O) groups is 2. The standard InChI is InChI=1S/C24H24ClN5O3/c1-13-7-9-17(11-18(13)25)29-24(33)26-12-16-5-4-6-19-21(16)23(32)30(15(3)28-19)20-10-8-14(2)27-22(20)31/h4-7,9,11,20H,2,8,10,12H2,1,3H3,(H,27,31)(H2,26,29,33). The highest BCUT2D eigenvalue weighted by Crippen LogP contribution is 2.24. The molecule has 2 heterocycles. The minimum absolute atomic E-state index is 0.108. The van der Waals surface area contributed by atoms with Crippen molar-refractivity contribution in [3.8, 4) is 0 Å². The second kappa shape index (κ2) is 9.07. The molecule has 1 fully saturated rings. The zero-order valence-corrected chi connectivity index (χ0v) is 19.1. The van der Waals surface area contributed by atoms with Crippen LogP contribution in [-0.2, 0) is 11.3 Å². The molecule has 2 aromatic carbocycles. The van der Waals surface area contributed by atoms with Crippen molar-refractivity contribution in [1.82, 2.24) is 20.2 Å². The number of anilines is 1. The summed E-state index contributed by atoms with van der Waals surface area (Å²) in [4.78, 5) is 43.0. The summed E-state index contributed by atoms with van der Waals surface area (Å²) in [6.45, 7) is 7.49. The number of piperidine rings is 1. The number of amides is 3. The molecule has 3 aromatic rings. The van der Waals surface area contributed by atoms with E-state index < -0.39 is 12.1 Å². The highest BCUT2D eigenvalue weighted by atomic mass is 35.5. The number of urea groups is 1. The fourth-order valence-corrected chi connectivity index (χ4v) is 4.15. The van der Waals surface area contributed by atoms with Crippen molar-refractivity contribution in [2.24, 2.45) is 0 Å². The summed E-state index contributed by atoms with van der Waals surface area (Å²) in [5.74, 6) is 0.184. The topological polar surface area (TPSA) is 105 Å². The molecule has 9 heteroatoms. The molecule has 8 nitrogen and oxygen atoms in total. The molecule has 4 rings (SSSR count). The molecule has 1 aromatic heterocycles. The number of hydrogen-bond donors (Lipinski definition) is 3. The predicted molar refractivity (Wildman–Crippen MR) is 128 cm³/mol. The fourth-order valence-electron chi connectivity index (χ4n) is 3.97. The van der Waals surface area contributed by atoms with E-state index in [1.54, 1.807) is 37.3 Å². The number of benzene rings is 2. The van der Waals surface area contributed by atoms with Gasteiger partial charge in [-0.05, 0) is 56.0 Å². The number of halogens is 1. The monoisotopic (exact) mass is 465 g/mol. The van der Waals surface area contributed by atoms with E-state index in [-0.39, 0.29) is 18.0 Å². The van der Waals surface area contributed by atoms with E-state index in [1.807, 2.05) is 13.0 Å². The zero-order chi connectivity index (χ0) is 23.7. The first-order chi connectivity index (χ1) is 15.7. The van der Waals surface area contributed by atoms with Crippen LogP contribution in [0.2, 0.25) is 5.02 Å². The first kappa shape index (κ1) is 22.5. The van der Waals surface area contributed by atoms with E-state index in [0.29, 0.717) is 51.5 Å². The smallest absolute Gasteiger partial charge is 0.319 e. The molecule has 1 aliphatic rings. The lowest BCUT2D eigenvalue weighted by molar-refractivity contribution is -0.124. The largest absolute Gasteiger partial charge is 0.334 e. The van der Waals surface area contributed by atoms with Gasteiger partial charge in [0.15, 0.2) is 0 Å². The van der Waals surface area contributed by atoms with Crippen LogP contribution in [0, 0.1) is 13.8 Å². The van der Waals surface area contributed by atoms with Gasteiger partial charge in [-0.3, -0.25) is 14.2 Å². The number of carbonyl (C=O) groups excluding carboxylic acids is 2. The Morgan fingerprint density at radius 3 is 2.79 bits per heavy atom. The Labute approximate surface area is 195 Å². The van der Waals surface area contributed by atoms with Gasteiger partial charge in [0.1, 0.15) is 11.9 Å². The van der Waals surface area contributed by atoms with Crippen LogP contribution in [0.15, 0.2) is 53.5 Å². The van der Waals surface area contributed by atoms with Gasteiger partial charge >= 0.3 is 6.03 Å². The van der Waals surface area contributed by atoms with Crippen LogP contribution in [0.4, 0.5) is 10.5 Å². The summed E-state index contributed by atoms with van der Waals surface area (Å²) >= 11 is 6.11. The number of aromatic nitrogens is 2. The first-order valence-electron chi connectivity index (χ1n) is 10.5. The molecule has 0 saturated carbocycles. The molecule has 0 bridgehead atoms. The maximum absolute atomic E-state index is 13.5. The highest BCUT2D eigenvalue weighted by molar-refractivity contribution is 6.31. The van der Waals surface area contributed by atoms with Crippen molar-refractivity contribution < 1.29 is 9.59 Å². The lowest BCUT2D eigenvalue weighted by Gasteiger charge is -2.26. The van der Waals surface area contributed by atoms with Crippen LogP contribution in [0.3, 0.4) is 0 Å². The third kappa shape index (κ3) is 4.61. The van der Waals surface area contributed by atoms with Crippen LogP contribution in [0.5, 0.6) is 0 Å². The van der Waals surface area contributed by atoms with Crippen molar-refractivity contribution in [2.45, 2.75) is 39.3 Å². The maximum atomic E-state index is 13.5. The van der Waals surface area contributed by atoms with Crippen molar-refractivity contribution in [3.05, 3.63) is 81.0 Å². The van der Waals surface area contributed by atoms with Crippen molar-refractivity contribution >= 4 is 40.1 Å². The number of aryl methyl sites for hydroxylation is 2. The van der Waals surface area contributed by atoms with Crippen molar-refractivity contribution in [2.75, 3.05) is 5.32 Å². The average Bonchev–Trinajstić information content (AvgIpc) is 2.76. The quantitative estimate of drug-likeness (QED) is 0.542. The van der Waals surface area contributed by atoms with Crippen LogP contribution in [0.25, 0.3) is 10.9 Å². The van der Waals surface area contributed by atoms with E-state index in [2.05, 4.69) is 27.5 Å². The van der Waals surface area contributed by atoms with Gasteiger partial charge in [-0.2, -0.15) is 0 Å². The maximum Gasteiger partial charge on any atom is 0.319 e. The van der Waals surface area contributed by atoms with E-state index in [0.717, 1.165) is 5.56 Å². The molecular formula is C24H24ClN5O3. The van der Waals surface area contributed by atoms with Crippen LogP contribution in [-0.4, -0.2) is 21.5 Å². The molecule has 170 valence electrons. The predicted octanol–water partition coefficient (Wildman–Crippen LogP) is 3.95. The molecule has 0 radical (unpaired) electrons. The summed E-state index contributed by atoms with van der Waals surface area (Å²) in [5, 5.41) is 9.15. The minimum Gasteiger partial charge on any atom is -0.334 e. The SMILES string of the molecule is C=C1CCC(n2c(C)nc3cccc(CNC(=O)Nc4ccc(C)c(Cl)c4)c3c2=O)C(=O)N1. The van der Waals surface area contributed by atoms with Gasteiger partial charge in [0, 0.05) is 23.0 Å². The molecule has 3 amide bonds. The summed E-state index contributed by atoms with van der Waals surface area (Å²) in [6, 6.07) is 9.44. The number of nitrogens with zero attached hydrogens (tertiary/aromatic N) is 2. The lowest BCUT2D eigenvalue weighted by Crippen LogP contribution is -2.41. The molecular weight excluding hydrogens is 442 g/mol. The molecule has 33 heavy (non-hydrogen) atoms. The third-order valence-corrected chi connectivity index (χ3v) is 6.10. The molecule has 1 atom stereocenters. The van der Waals surface area contributed by atoms with Gasteiger partial charge in [0.25, 0.3) is 5.56 Å². The highest BCUT2D eigenvalue weighted by Gasteiger charge is 2.28. The van der Waals surface area contributed by atoms with Crippen molar-refractivity contribution in [1.29, 1.82) is 0 Å². The Balaban J connectivity index is 1.61. The zero-order valence-electron chi connectivity index (χ0n) is 18.4. The van der Waals surface area contributed by atoms with Gasteiger partial charge in [0.05, 0.1) is 10.9 Å². The Kier molecular flexibility index (Phi) is 6.20. The van der Waals surface area contributed by atoms with Gasteiger partial charge in [0.2, 0.25) is 5.91 Å². The number of fused-ring (bicyclic) bond motifs is 1. The molecule has 0 spiro atoms. The summed E-state index contributed by atoms with van der Waals surface area (Å²) in [5.41, 5.74) is 2.92. The Morgan fingerprint density at radius 1 is 1.27 bits per heavy atom. The fraction of sp³-hybridized carbons (Fsp3) is 0.250. The number of hydrogen-bond acceptors (Lipinski definition) is 4. The summed E-state index contributed by atoms with van der Waals surface area (Å²) in [6.07, 6.45) is 1.06. The molecule has 3 N–H and O–H groups in total. The van der Waals surface area contributed by atoms with Gasteiger partial charge < -0.3 is 16.0 Å². The van der Waals surface area contributed by atoms with E-state index in [1.165, 1.54) is 4.57 Å². The third-order valence-electron chi connectivity index (χ3n) is 5.70. The van der Waals surface area contributed by atoms with E-state index in [9.17, 15) is 14.4 Å². The first-order valence-corrected chi connectivity index (χ1v) is 10.9. The van der Waals surface area contributed by atoms with Crippen LogP contribution < -0.4 is 21.5 Å². The summed E-state index contributed by atoms with van der Waals surface area (Å²) < 4.78 is 1.43. The Bertz CT molecular complexity index is 1350. The minimum atomic E-state index is -0.657. The van der Waals surface area contributed by atoms with Crippen LogP contribution >= 0.6 is 11.6 Å². The van der Waals surface area contributed by atoms with Crippen LogP contribution in [0.1, 0.15) is 35.8 Å². The molecule has 1 saturated heterocycles. The molecule has 1 aliphatic heterocycles. The lowest BCUT2D eigenvalue weighted by atomic mass is 10.0. The van der Waals surface area contributed by atoms with Gasteiger partial charge in [-0.15, -0.1) is 0 Å². The number of allylic oxidation sites excluding steroid dienone is 1. The second-order valence-corrected chi connectivity index (χ2v) is 8.47. The Morgan fingerprint density at radius 2 is 2.06 bits per heavy atom. The number of nitrogens with one attached hydrogen (secondary N) is 3. The average molecular weight is 466 g/mol. The molecule has 0 aliphatic carbocycles.